The molecule has 12 heavy (non-hydrogen) atoms. The Morgan fingerprint density at radius 3 is 2.67 bits per heavy atom. The van der Waals surface area contributed by atoms with Crippen LogP contribution in [0.15, 0.2) is 25.1 Å². The van der Waals surface area contributed by atoms with Gasteiger partial charge in [0.25, 0.3) is 0 Å². The van der Waals surface area contributed by atoms with Crippen molar-refractivity contribution in [3.63, 3.8) is 0 Å². The topological polar surface area (TPSA) is 6.48 Å². The van der Waals surface area contributed by atoms with E-state index in [-0.39, 0.29) is 24.0 Å². The largest absolute Gasteiger partial charge is 0.359 e. The fourth-order valence-electron chi connectivity index (χ4n) is 1.23. The SMILES string of the molecule is C=CCN1C=CN(CCC)C1.I. The first-order valence-corrected chi connectivity index (χ1v) is 4.14. The van der Waals surface area contributed by atoms with Gasteiger partial charge in [0.2, 0.25) is 0 Å². The van der Waals surface area contributed by atoms with Gasteiger partial charge in [0, 0.05) is 25.5 Å². The van der Waals surface area contributed by atoms with E-state index in [0.717, 1.165) is 19.8 Å². The predicted octanol–water partition coefficient (Wildman–Crippen LogP) is 2.25. The van der Waals surface area contributed by atoms with Crippen LogP contribution in [0.1, 0.15) is 13.3 Å². The molecule has 1 aliphatic rings. The Morgan fingerprint density at radius 2 is 2.08 bits per heavy atom. The molecule has 70 valence electrons. The molecule has 0 spiro atoms. The summed E-state index contributed by atoms with van der Waals surface area (Å²) in [6.45, 7) is 9.04. The number of nitrogens with zero attached hydrogens (tertiary/aromatic N) is 2. The molecule has 0 saturated carbocycles. The summed E-state index contributed by atoms with van der Waals surface area (Å²) in [6, 6.07) is 0. The van der Waals surface area contributed by atoms with Crippen molar-refractivity contribution in [3.05, 3.63) is 25.1 Å². The first-order valence-electron chi connectivity index (χ1n) is 4.14. The minimum Gasteiger partial charge on any atom is -0.359 e. The molecule has 0 fully saturated rings. The minimum atomic E-state index is 0. The van der Waals surface area contributed by atoms with Crippen LogP contribution in [0.25, 0.3) is 0 Å². The van der Waals surface area contributed by atoms with Crippen LogP contribution in [0.3, 0.4) is 0 Å². The maximum atomic E-state index is 3.70. The monoisotopic (exact) mass is 280 g/mol. The fourth-order valence-corrected chi connectivity index (χ4v) is 1.23. The zero-order valence-electron chi connectivity index (χ0n) is 7.57. The summed E-state index contributed by atoms with van der Waals surface area (Å²) in [6.07, 6.45) is 7.41. The normalized spacial score (nSPS) is 14.8. The molecule has 0 aliphatic carbocycles. The first-order chi connectivity index (χ1) is 5.36. The smallest absolute Gasteiger partial charge is 0.0896 e. The molecule has 2 nitrogen and oxygen atoms in total. The van der Waals surface area contributed by atoms with Gasteiger partial charge in [-0.1, -0.05) is 13.0 Å². The maximum absolute atomic E-state index is 3.70. The lowest BCUT2D eigenvalue weighted by atomic mass is 10.4. The average molecular weight is 280 g/mol. The molecule has 0 atom stereocenters. The molecule has 0 unspecified atom stereocenters. The van der Waals surface area contributed by atoms with E-state index < -0.39 is 0 Å². The lowest BCUT2D eigenvalue weighted by molar-refractivity contribution is 0.281. The van der Waals surface area contributed by atoms with E-state index in [9.17, 15) is 0 Å². The number of rotatable bonds is 4. The van der Waals surface area contributed by atoms with Gasteiger partial charge in [0.15, 0.2) is 0 Å². The van der Waals surface area contributed by atoms with Crippen LogP contribution in [0, 0.1) is 0 Å². The minimum absolute atomic E-state index is 0. The summed E-state index contributed by atoms with van der Waals surface area (Å²) in [5.74, 6) is 0. The van der Waals surface area contributed by atoms with Crippen molar-refractivity contribution in [2.45, 2.75) is 13.3 Å². The van der Waals surface area contributed by atoms with E-state index in [1.54, 1.807) is 0 Å². The van der Waals surface area contributed by atoms with Gasteiger partial charge in [-0.25, -0.2) is 0 Å². The summed E-state index contributed by atoms with van der Waals surface area (Å²) in [5.41, 5.74) is 0. The maximum Gasteiger partial charge on any atom is 0.0896 e. The van der Waals surface area contributed by atoms with E-state index in [2.05, 4.69) is 35.7 Å². The zero-order valence-corrected chi connectivity index (χ0v) is 9.90. The van der Waals surface area contributed by atoms with Gasteiger partial charge in [-0.2, -0.15) is 0 Å². The third-order valence-electron chi connectivity index (χ3n) is 1.73. The van der Waals surface area contributed by atoms with E-state index in [1.165, 1.54) is 6.42 Å². The van der Waals surface area contributed by atoms with Gasteiger partial charge in [0.05, 0.1) is 6.67 Å². The summed E-state index contributed by atoms with van der Waals surface area (Å²) < 4.78 is 0. The van der Waals surface area contributed by atoms with Crippen molar-refractivity contribution in [1.29, 1.82) is 0 Å². The summed E-state index contributed by atoms with van der Waals surface area (Å²) in [5, 5.41) is 0. The highest BCUT2D eigenvalue weighted by molar-refractivity contribution is 14.0. The molecule has 1 rings (SSSR count). The molecule has 0 aromatic rings. The summed E-state index contributed by atoms with van der Waals surface area (Å²) in [7, 11) is 0. The van der Waals surface area contributed by atoms with E-state index in [0.29, 0.717) is 0 Å². The molecular weight excluding hydrogens is 263 g/mol. The lowest BCUT2D eigenvalue weighted by Crippen LogP contribution is -2.25. The van der Waals surface area contributed by atoms with Crippen LogP contribution < -0.4 is 0 Å². The van der Waals surface area contributed by atoms with E-state index in [4.69, 9.17) is 0 Å². The molecule has 0 radical (unpaired) electrons. The molecule has 0 saturated heterocycles. The first kappa shape index (κ1) is 11.8. The lowest BCUT2D eigenvalue weighted by Gasteiger charge is -2.19. The van der Waals surface area contributed by atoms with Crippen LogP contribution in [0.2, 0.25) is 0 Å². The molecular formula is C9H17IN2. The number of hydrogen-bond acceptors (Lipinski definition) is 2. The predicted molar refractivity (Wildman–Crippen MR) is 63.3 cm³/mol. The highest BCUT2D eigenvalue weighted by Crippen LogP contribution is 2.05. The van der Waals surface area contributed by atoms with Gasteiger partial charge in [-0.05, 0) is 6.42 Å². The Bertz CT molecular complexity index is 157. The average Bonchev–Trinajstić information content (AvgIpc) is 2.38. The van der Waals surface area contributed by atoms with Crippen molar-refractivity contribution in [3.8, 4) is 0 Å². The van der Waals surface area contributed by atoms with Crippen molar-refractivity contribution in [2.75, 3.05) is 19.8 Å². The highest BCUT2D eigenvalue weighted by Gasteiger charge is 2.08. The quantitative estimate of drug-likeness (QED) is 0.575. The third-order valence-corrected chi connectivity index (χ3v) is 1.73. The van der Waals surface area contributed by atoms with Crippen molar-refractivity contribution in [1.82, 2.24) is 9.80 Å². The van der Waals surface area contributed by atoms with E-state index in [1.807, 2.05) is 6.08 Å². The highest BCUT2D eigenvalue weighted by atomic mass is 127. The standard InChI is InChI=1S/C9H16N2.HI/c1-3-5-10-7-8-11(9-10)6-4-2;/h3,7-8H,1,4-6,9H2,2H3;1H. The van der Waals surface area contributed by atoms with Gasteiger partial charge < -0.3 is 9.80 Å². The molecule has 0 aromatic carbocycles. The molecule has 0 amide bonds. The molecule has 0 aromatic heterocycles. The van der Waals surface area contributed by atoms with E-state index >= 15 is 0 Å². The Labute approximate surface area is 91.9 Å². The van der Waals surface area contributed by atoms with Crippen molar-refractivity contribution < 1.29 is 0 Å². The second-order valence-electron chi connectivity index (χ2n) is 2.81. The second kappa shape index (κ2) is 6.34. The Kier molecular flexibility index (Phi) is 6.24. The van der Waals surface area contributed by atoms with Gasteiger partial charge in [-0.3, -0.25) is 0 Å². The second-order valence-corrected chi connectivity index (χ2v) is 2.81. The van der Waals surface area contributed by atoms with Gasteiger partial charge >= 0.3 is 0 Å². The Balaban J connectivity index is 0.00000121. The van der Waals surface area contributed by atoms with Crippen molar-refractivity contribution >= 4 is 24.0 Å². The van der Waals surface area contributed by atoms with Gasteiger partial charge in [0.1, 0.15) is 0 Å². The molecule has 0 N–H and O–H groups in total. The molecule has 1 heterocycles. The van der Waals surface area contributed by atoms with Crippen LogP contribution in [-0.2, 0) is 0 Å². The molecule has 0 bridgehead atoms. The third kappa shape index (κ3) is 3.47. The zero-order chi connectivity index (χ0) is 8.10. The fraction of sp³-hybridized carbons (Fsp3) is 0.556. The van der Waals surface area contributed by atoms with Crippen molar-refractivity contribution in [2.24, 2.45) is 0 Å². The molecule has 3 heteroatoms. The van der Waals surface area contributed by atoms with Crippen LogP contribution in [0.4, 0.5) is 0 Å². The summed E-state index contributed by atoms with van der Waals surface area (Å²) in [4.78, 5) is 4.55. The van der Waals surface area contributed by atoms with Gasteiger partial charge in [-0.15, -0.1) is 30.6 Å². The number of halogens is 1. The summed E-state index contributed by atoms with van der Waals surface area (Å²) >= 11 is 0. The number of hydrogen-bond donors (Lipinski definition) is 0. The van der Waals surface area contributed by atoms with Crippen LogP contribution >= 0.6 is 24.0 Å². The van der Waals surface area contributed by atoms with Crippen LogP contribution in [-0.4, -0.2) is 29.6 Å². The Hall–Kier alpha value is -0.190. The molecule has 1 aliphatic heterocycles. The Morgan fingerprint density at radius 1 is 1.42 bits per heavy atom. The van der Waals surface area contributed by atoms with Crippen LogP contribution in [0.5, 0.6) is 0 Å².